The first kappa shape index (κ1) is 22.3. The first-order valence-corrected chi connectivity index (χ1v) is 11.4. The van der Waals surface area contributed by atoms with Crippen LogP contribution in [-0.4, -0.2) is 55.4 Å². The van der Waals surface area contributed by atoms with Crippen LogP contribution in [0.2, 0.25) is 0 Å². The molecule has 0 radical (unpaired) electrons. The minimum absolute atomic E-state index is 0.0320. The molecule has 2 aliphatic rings. The summed E-state index contributed by atoms with van der Waals surface area (Å²) < 4.78 is 11.0. The monoisotopic (exact) mass is 435 g/mol. The average molecular weight is 436 g/mol. The summed E-state index contributed by atoms with van der Waals surface area (Å²) >= 11 is 0. The highest BCUT2D eigenvalue weighted by Gasteiger charge is 2.35. The lowest BCUT2D eigenvalue weighted by Crippen LogP contribution is -2.41. The largest absolute Gasteiger partial charge is 0.497 e. The molecule has 2 heterocycles. The third kappa shape index (κ3) is 4.80. The van der Waals surface area contributed by atoms with Gasteiger partial charge in [0.2, 0.25) is 0 Å². The standard InChI is InChI=1S/C26H33N3O3/c1-18-5-7-20(8-6-18)23-16-24(22-10-9-21(31-3)15-25(22)32-4)29(27-23)26(30)17-28-13-11-19(2)12-14-28/h5-10,15,19,24H,11-14,16-17H2,1-4H3/t24-/m1/s1. The SMILES string of the molecule is COc1ccc([C@H]2CC(c3ccc(C)cc3)=NN2C(=O)CN2CCC(C)CC2)c(OC)c1. The Kier molecular flexibility index (Phi) is 6.80. The fraction of sp³-hybridized carbons (Fsp3) is 0.462. The van der Waals surface area contributed by atoms with Gasteiger partial charge >= 0.3 is 0 Å². The molecule has 1 fully saturated rings. The fourth-order valence-electron chi connectivity index (χ4n) is 4.48. The number of rotatable bonds is 6. The Balaban J connectivity index is 1.63. The van der Waals surface area contributed by atoms with Crippen LogP contribution in [0.5, 0.6) is 11.5 Å². The number of benzene rings is 2. The van der Waals surface area contributed by atoms with E-state index in [4.69, 9.17) is 14.6 Å². The van der Waals surface area contributed by atoms with Crippen molar-refractivity contribution in [2.75, 3.05) is 33.9 Å². The van der Waals surface area contributed by atoms with E-state index in [1.807, 2.05) is 18.2 Å². The number of likely N-dealkylation sites (tertiary alicyclic amines) is 1. The molecule has 2 aromatic rings. The number of carbonyl (C=O) groups is 1. The molecule has 2 aliphatic heterocycles. The van der Waals surface area contributed by atoms with Crippen LogP contribution in [0.1, 0.15) is 48.9 Å². The number of carbonyl (C=O) groups excluding carboxylic acids is 1. The maximum absolute atomic E-state index is 13.4. The van der Waals surface area contributed by atoms with Crippen LogP contribution in [0.15, 0.2) is 47.6 Å². The first-order valence-electron chi connectivity index (χ1n) is 11.4. The van der Waals surface area contributed by atoms with Crippen molar-refractivity contribution < 1.29 is 14.3 Å². The Labute approximate surface area is 190 Å². The zero-order chi connectivity index (χ0) is 22.7. The number of amides is 1. The van der Waals surface area contributed by atoms with Gasteiger partial charge in [-0.15, -0.1) is 0 Å². The molecular formula is C26H33N3O3. The minimum atomic E-state index is -0.205. The zero-order valence-electron chi connectivity index (χ0n) is 19.5. The second-order valence-electron chi connectivity index (χ2n) is 8.94. The fourth-order valence-corrected chi connectivity index (χ4v) is 4.48. The van der Waals surface area contributed by atoms with Crippen LogP contribution in [0.4, 0.5) is 0 Å². The first-order chi connectivity index (χ1) is 15.5. The molecule has 6 heteroatoms. The molecule has 2 aromatic carbocycles. The number of hydrazone groups is 1. The van der Waals surface area contributed by atoms with Gasteiger partial charge in [-0.05, 0) is 56.5 Å². The number of piperidine rings is 1. The summed E-state index contributed by atoms with van der Waals surface area (Å²) in [5, 5.41) is 6.51. The van der Waals surface area contributed by atoms with Gasteiger partial charge in [0.25, 0.3) is 5.91 Å². The van der Waals surface area contributed by atoms with Gasteiger partial charge in [-0.1, -0.05) is 36.8 Å². The van der Waals surface area contributed by atoms with Crippen molar-refractivity contribution in [1.82, 2.24) is 9.91 Å². The van der Waals surface area contributed by atoms with Crippen LogP contribution in [0, 0.1) is 12.8 Å². The maximum Gasteiger partial charge on any atom is 0.257 e. The summed E-state index contributed by atoms with van der Waals surface area (Å²) in [7, 11) is 3.29. The quantitative estimate of drug-likeness (QED) is 0.674. The van der Waals surface area contributed by atoms with Crippen molar-refractivity contribution in [3.63, 3.8) is 0 Å². The average Bonchev–Trinajstić information content (AvgIpc) is 3.26. The summed E-state index contributed by atoms with van der Waals surface area (Å²) in [6, 6.07) is 13.9. The summed E-state index contributed by atoms with van der Waals surface area (Å²) in [5.74, 6) is 2.20. The Morgan fingerprint density at radius 2 is 1.78 bits per heavy atom. The van der Waals surface area contributed by atoms with Gasteiger partial charge in [-0.3, -0.25) is 9.69 Å². The molecule has 0 saturated carbocycles. The predicted octanol–water partition coefficient (Wildman–Crippen LogP) is 4.42. The van der Waals surface area contributed by atoms with Crippen LogP contribution in [0.25, 0.3) is 0 Å². The molecule has 4 rings (SSSR count). The highest BCUT2D eigenvalue weighted by molar-refractivity contribution is 6.03. The van der Waals surface area contributed by atoms with Gasteiger partial charge in [0, 0.05) is 18.1 Å². The predicted molar refractivity (Wildman–Crippen MR) is 126 cm³/mol. The summed E-state index contributed by atoms with van der Waals surface area (Å²) in [4.78, 5) is 15.7. The maximum atomic E-state index is 13.4. The molecule has 1 saturated heterocycles. The van der Waals surface area contributed by atoms with Gasteiger partial charge in [0.1, 0.15) is 11.5 Å². The van der Waals surface area contributed by atoms with E-state index >= 15 is 0 Å². The number of ether oxygens (including phenoxy) is 2. The number of hydrogen-bond acceptors (Lipinski definition) is 5. The summed E-state index contributed by atoms with van der Waals surface area (Å²) in [6.45, 7) is 6.67. The molecule has 1 atom stereocenters. The third-order valence-corrected chi connectivity index (χ3v) is 6.59. The molecule has 6 nitrogen and oxygen atoms in total. The Bertz CT molecular complexity index is 978. The number of nitrogens with zero attached hydrogens (tertiary/aromatic N) is 3. The number of methoxy groups -OCH3 is 2. The van der Waals surface area contributed by atoms with Gasteiger partial charge in [0.15, 0.2) is 0 Å². The lowest BCUT2D eigenvalue weighted by atomic mass is 9.97. The van der Waals surface area contributed by atoms with Crippen molar-refractivity contribution in [3.8, 4) is 11.5 Å². The van der Waals surface area contributed by atoms with E-state index in [9.17, 15) is 4.79 Å². The van der Waals surface area contributed by atoms with Crippen molar-refractivity contribution in [1.29, 1.82) is 0 Å². The van der Waals surface area contributed by atoms with Crippen LogP contribution >= 0.6 is 0 Å². The van der Waals surface area contributed by atoms with Crippen LogP contribution in [-0.2, 0) is 4.79 Å². The van der Waals surface area contributed by atoms with E-state index in [0.717, 1.165) is 54.4 Å². The smallest absolute Gasteiger partial charge is 0.257 e. The topological polar surface area (TPSA) is 54.4 Å². The Morgan fingerprint density at radius 3 is 2.44 bits per heavy atom. The van der Waals surface area contributed by atoms with Crippen molar-refractivity contribution >= 4 is 11.6 Å². The molecule has 170 valence electrons. The number of aryl methyl sites for hydroxylation is 1. The Morgan fingerprint density at radius 1 is 1.06 bits per heavy atom. The molecule has 1 amide bonds. The Hall–Kier alpha value is -2.86. The van der Waals surface area contributed by atoms with Crippen LogP contribution < -0.4 is 9.47 Å². The number of hydrogen-bond donors (Lipinski definition) is 0. The molecule has 0 aliphatic carbocycles. The summed E-state index contributed by atoms with van der Waals surface area (Å²) in [5.41, 5.74) is 4.12. The second kappa shape index (κ2) is 9.74. The van der Waals surface area contributed by atoms with Crippen molar-refractivity contribution in [2.45, 2.75) is 39.2 Å². The second-order valence-corrected chi connectivity index (χ2v) is 8.94. The highest BCUT2D eigenvalue weighted by atomic mass is 16.5. The van der Waals surface area contributed by atoms with Crippen molar-refractivity contribution in [3.05, 3.63) is 59.2 Å². The van der Waals surface area contributed by atoms with Crippen molar-refractivity contribution in [2.24, 2.45) is 11.0 Å². The van der Waals surface area contributed by atoms with Gasteiger partial charge in [0.05, 0.1) is 32.5 Å². The minimum Gasteiger partial charge on any atom is -0.497 e. The molecule has 0 aromatic heterocycles. The van der Waals surface area contributed by atoms with Gasteiger partial charge in [-0.25, -0.2) is 5.01 Å². The van der Waals surface area contributed by atoms with E-state index in [0.29, 0.717) is 18.7 Å². The van der Waals surface area contributed by atoms with E-state index in [1.54, 1.807) is 19.2 Å². The van der Waals surface area contributed by atoms with E-state index in [2.05, 4.69) is 43.0 Å². The molecule has 0 N–H and O–H groups in total. The molecule has 0 spiro atoms. The third-order valence-electron chi connectivity index (χ3n) is 6.59. The molecule has 0 unspecified atom stereocenters. The zero-order valence-corrected chi connectivity index (χ0v) is 19.5. The van der Waals surface area contributed by atoms with E-state index < -0.39 is 0 Å². The lowest BCUT2D eigenvalue weighted by molar-refractivity contribution is -0.134. The molecule has 0 bridgehead atoms. The van der Waals surface area contributed by atoms with E-state index in [1.165, 1.54) is 5.56 Å². The van der Waals surface area contributed by atoms with E-state index in [-0.39, 0.29) is 11.9 Å². The van der Waals surface area contributed by atoms with Crippen LogP contribution in [0.3, 0.4) is 0 Å². The molecule has 32 heavy (non-hydrogen) atoms. The molecular weight excluding hydrogens is 402 g/mol. The highest BCUT2D eigenvalue weighted by Crippen LogP contribution is 2.39. The normalized spacial score (nSPS) is 19.7. The van der Waals surface area contributed by atoms with Gasteiger partial charge < -0.3 is 9.47 Å². The lowest BCUT2D eigenvalue weighted by Gasteiger charge is -2.31. The summed E-state index contributed by atoms with van der Waals surface area (Å²) in [6.07, 6.45) is 2.93. The van der Waals surface area contributed by atoms with Gasteiger partial charge in [-0.2, -0.15) is 5.10 Å².